The van der Waals surface area contributed by atoms with Crippen LogP contribution in [0.3, 0.4) is 0 Å². The molecule has 0 fully saturated rings. The van der Waals surface area contributed by atoms with Crippen LogP contribution in [0.2, 0.25) is 0 Å². The first-order valence-electron chi connectivity index (χ1n) is 4.41. The molecular formula is C9H13N3O3. The van der Waals surface area contributed by atoms with E-state index >= 15 is 0 Å². The fourth-order valence-corrected chi connectivity index (χ4v) is 0.899. The molecule has 1 aromatic heterocycles. The van der Waals surface area contributed by atoms with Gasteiger partial charge in [-0.15, -0.1) is 10.2 Å². The number of aliphatic hydroxyl groups is 1. The molecule has 0 aliphatic carbocycles. The number of aliphatic hydroxyl groups excluding tert-OH is 1. The Morgan fingerprint density at radius 2 is 2.13 bits per heavy atom. The van der Waals surface area contributed by atoms with Gasteiger partial charge in [0.05, 0.1) is 12.1 Å². The molecule has 0 saturated carbocycles. The molecule has 15 heavy (non-hydrogen) atoms. The van der Waals surface area contributed by atoms with Gasteiger partial charge in [-0.1, -0.05) is 0 Å². The summed E-state index contributed by atoms with van der Waals surface area (Å²) in [6, 6.07) is 2.86. The fraction of sp³-hybridized carbons (Fsp3) is 0.444. The molecule has 0 unspecified atom stereocenters. The predicted molar refractivity (Wildman–Crippen MR) is 53.8 cm³/mol. The molecule has 0 aliphatic heterocycles. The zero-order valence-electron chi connectivity index (χ0n) is 8.56. The minimum atomic E-state index is -1.12. The molecule has 0 bridgehead atoms. The SMILES string of the molecule is CC(C)(CO)Nc1ccc(C(=O)O)nn1. The van der Waals surface area contributed by atoms with E-state index in [-0.39, 0.29) is 12.3 Å². The molecule has 6 nitrogen and oxygen atoms in total. The van der Waals surface area contributed by atoms with E-state index in [2.05, 4.69) is 15.5 Å². The summed E-state index contributed by atoms with van der Waals surface area (Å²) >= 11 is 0. The van der Waals surface area contributed by atoms with Gasteiger partial charge in [-0.05, 0) is 26.0 Å². The van der Waals surface area contributed by atoms with E-state index in [0.29, 0.717) is 5.82 Å². The number of aromatic carboxylic acids is 1. The highest BCUT2D eigenvalue weighted by Crippen LogP contribution is 2.11. The molecule has 1 heterocycles. The Labute approximate surface area is 87.0 Å². The van der Waals surface area contributed by atoms with Gasteiger partial charge in [0, 0.05) is 0 Å². The second-order valence-electron chi connectivity index (χ2n) is 3.78. The molecule has 0 aliphatic rings. The van der Waals surface area contributed by atoms with E-state index in [4.69, 9.17) is 10.2 Å². The molecule has 0 aromatic carbocycles. The van der Waals surface area contributed by atoms with Gasteiger partial charge in [0.25, 0.3) is 0 Å². The highest BCUT2D eigenvalue weighted by molar-refractivity contribution is 5.85. The number of rotatable bonds is 4. The summed E-state index contributed by atoms with van der Waals surface area (Å²) in [6.45, 7) is 3.52. The third-order valence-electron chi connectivity index (χ3n) is 1.75. The first kappa shape index (κ1) is 11.4. The van der Waals surface area contributed by atoms with E-state index in [1.807, 2.05) is 0 Å². The lowest BCUT2D eigenvalue weighted by atomic mass is 10.1. The normalized spacial score (nSPS) is 11.1. The van der Waals surface area contributed by atoms with Crippen molar-refractivity contribution >= 4 is 11.8 Å². The van der Waals surface area contributed by atoms with E-state index in [0.717, 1.165) is 0 Å². The summed E-state index contributed by atoms with van der Waals surface area (Å²) in [5.41, 5.74) is -0.623. The average molecular weight is 211 g/mol. The van der Waals surface area contributed by atoms with Crippen molar-refractivity contribution in [2.45, 2.75) is 19.4 Å². The zero-order valence-corrected chi connectivity index (χ0v) is 8.56. The number of nitrogens with one attached hydrogen (secondary N) is 1. The van der Waals surface area contributed by atoms with Crippen LogP contribution in [0.25, 0.3) is 0 Å². The molecular weight excluding hydrogens is 198 g/mol. The molecule has 82 valence electrons. The lowest BCUT2D eigenvalue weighted by Crippen LogP contribution is -2.35. The number of hydrogen-bond donors (Lipinski definition) is 3. The third-order valence-corrected chi connectivity index (χ3v) is 1.75. The molecule has 0 radical (unpaired) electrons. The van der Waals surface area contributed by atoms with E-state index in [9.17, 15) is 4.79 Å². The van der Waals surface area contributed by atoms with Crippen LogP contribution in [0.1, 0.15) is 24.3 Å². The van der Waals surface area contributed by atoms with Gasteiger partial charge in [-0.2, -0.15) is 0 Å². The van der Waals surface area contributed by atoms with E-state index in [1.165, 1.54) is 12.1 Å². The molecule has 1 aromatic rings. The first-order chi connectivity index (χ1) is 6.94. The van der Waals surface area contributed by atoms with Crippen LogP contribution in [0, 0.1) is 0 Å². The Hall–Kier alpha value is -1.69. The standard InChI is InChI=1S/C9H13N3O3/c1-9(2,5-13)10-7-4-3-6(8(14)15)11-12-7/h3-4,13H,5H2,1-2H3,(H,10,12)(H,14,15). The monoisotopic (exact) mass is 211 g/mol. The zero-order chi connectivity index (χ0) is 11.5. The lowest BCUT2D eigenvalue weighted by Gasteiger charge is -2.23. The molecule has 1 rings (SSSR count). The highest BCUT2D eigenvalue weighted by Gasteiger charge is 2.16. The predicted octanol–water partition coefficient (Wildman–Crippen LogP) is 0.358. The van der Waals surface area contributed by atoms with Gasteiger partial charge in [-0.3, -0.25) is 0 Å². The topological polar surface area (TPSA) is 95.3 Å². The summed E-state index contributed by atoms with van der Waals surface area (Å²) in [4.78, 5) is 10.5. The van der Waals surface area contributed by atoms with E-state index in [1.54, 1.807) is 13.8 Å². The van der Waals surface area contributed by atoms with Crippen molar-refractivity contribution in [2.75, 3.05) is 11.9 Å². The van der Waals surface area contributed by atoms with Gasteiger partial charge in [-0.25, -0.2) is 4.79 Å². The maximum atomic E-state index is 10.5. The summed E-state index contributed by atoms with van der Waals surface area (Å²) in [5, 5.41) is 27.7. The van der Waals surface area contributed by atoms with Gasteiger partial charge in [0.2, 0.25) is 0 Å². The third kappa shape index (κ3) is 3.17. The van der Waals surface area contributed by atoms with Crippen molar-refractivity contribution in [1.82, 2.24) is 10.2 Å². The number of aromatic nitrogens is 2. The van der Waals surface area contributed by atoms with Crippen LogP contribution < -0.4 is 5.32 Å². The smallest absolute Gasteiger partial charge is 0.356 e. The maximum Gasteiger partial charge on any atom is 0.356 e. The van der Waals surface area contributed by atoms with Crippen LogP contribution in [0.5, 0.6) is 0 Å². The second-order valence-corrected chi connectivity index (χ2v) is 3.78. The van der Waals surface area contributed by atoms with Gasteiger partial charge in [0.1, 0.15) is 5.82 Å². The Bertz CT molecular complexity index is 348. The van der Waals surface area contributed by atoms with Crippen LogP contribution in [-0.2, 0) is 0 Å². The Balaban J connectivity index is 2.77. The minimum Gasteiger partial charge on any atom is -0.476 e. The summed E-state index contributed by atoms with van der Waals surface area (Å²) in [5.74, 6) is -0.686. The van der Waals surface area contributed by atoms with Crippen molar-refractivity contribution < 1.29 is 15.0 Å². The average Bonchev–Trinajstić information content (AvgIpc) is 2.18. The maximum absolute atomic E-state index is 10.5. The van der Waals surface area contributed by atoms with Crippen molar-refractivity contribution in [2.24, 2.45) is 0 Å². The quantitative estimate of drug-likeness (QED) is 0.665. The highest BCUT2D eigenvalue weighted by atomic mass is 16.4. The number of hydrogen-bond acceptors (Lipinski definition) is 5. The molecule has 0 atom stereocenters. The number of anilines is 1. The van der Waals surface area contributed by atoms with Crippen LogP contribution in [-0.4, -0.2) is 38.5 Å². The van der Waals surface area contributed by atoms with Crippen molar-refractivity contribution in [3.8, 4) is 0 Å². The second kappa shape index (κ2) is 4.22. The molecule has 0 saturated heterocycles. The van der Waals surface area contributed by atoms with Crippen LogP contribution in [0.4, 0.5) is 5.82 Å². The number of carbonyl (C=O) groups is 1. The lowest BCUT2D eigenvalue weighted by molar-refractivity contribution is 0.0689. The van der Waals surface area contributed by atoms with Gasteiger partial charge < -0.3 is 15.5 Å². The Kier molecular flexibility index (Phi) is 3.21. The van der Waals surface area contributed by atoms with Crippen molar-refractivity contribution in [3.63, 3.8) is 0 Å². The fourth-order valence-electron chi connectivity index (χ4n) is 0.899. The van der Waals surface area contributed by atoms with Gasteiger partial charge >= 0.3 is 5.97 Å². The van der Waals surface area contributed by atoms with Gasteiger partial charge in [0.15, 0.2) is 5.69 Å². The largest absolute Gasteiger partial charge is 0.476 e. The minimum absolute atomic E-state index is 0.0602. The Morgan fingerprint density at radius 1 is 1.47 bits per heavy atom. The summed E-state index contributed by atoms with van der Waals surface area (Å²) in [6.07, 6.45) is 0. The van der Waals surface area contributed by atoms with E-state index < -0.39 is 11.5 Å². The Morgan fingerprint density at radius 3 is 2.53 bits per heavy atom. The van der Waals surface area contributed by atoms with Crippen molar-refractivity contribution in [1.29, 1.82) is 0 Å². The van der Waals surface area contributed by atoms with Crippen LogP contribution in [0.15, 0.2) is 12.1 Å². The summed E-state index contributed by atoms with van der Waals surface area (Å²) < 4.78 is 0. The molecule has 6 heteroatoms. The first-order valence-corrected chi connectivity index (χ1v) is 4.41. The number of nitrogens with zero attached hydrogens (tertiary/aromatic N) is 2. The molecule has 0 amide bonds. The van der Waals surface area contributed by atoms with Crippen molar-refractivity contribution in [3.05, 3.63) is 17.8 Å². The molecule has 0 spiro atoms. The number of carboxylic acid groups (broad SMARTS) is 1. The summed E-state index contributed by atoms with van der Waals surface area (Å²) in [7, 11) is 0. The van der Waals surface area contributed by atoms with Crippen LogP contribution >= 0.6 is 0 Å². The molecule has 3 N–H and O–H groups in total. The number of carboxylic acids is 1.